The molecule has 0 bridgehead atoms. The lowest BCUT2D eigenvalue weighted by atomic mass is 10.2. The number of amides is 1. The van der Waals surface area contributed by atoms with Crippen molar-refractivity contribution in [2.24, 2.45) is 0 Å². The van der Waals surface area contributed by atoms with Crippen LogP contribution in [0.1, 0.15) is 27.4 Å². The molecule has 4 rings (SSSR count). The summed E-state index contributed by atoms with van der Waals surface area (Å²) in [4.78, 5) is 13.7. The quantitative estimate of drug-likeness (QED) is 0.342. The molecule has 0 aliphatic carbocycles. The van der Waals surface area contributed by atoms with Gasteiger partial charge in [-0.2, -0.15) is 0 Å². The standard InChI is InChI=1S/C25H22N2O3S/c1-18-15-21(27-30-18)17-31-24-10-6-5-9-23(24)25(28)26-20-11-13-22(14-12-20)29-16-19-7-3-2-4-8-19/h2-15H,16-17H2,1H3,(H,26,28). The number of nitrogens with zero attached hydrogens (tertiary/aromatic N) is 1. The number of carbonyl (C=O) groups is 1. The van der Waals surface area contributed by atoms with Crippen molar-refractivity contribution in [1.29, 1.82) is 0 Å². The molecule has 0 aliphatic rings. The summed E-state index contributed by atoms with van der Waals surface area (Å²) in [5.74, 6) is 2.01. The van der Waals surface area contributed by atoms with E-state index in [4.69, 9.17) is 9.26 Å². The smallest absolute Gasteiger partial charge is 0.256 e. The monoisotopic (exact) mass is 430 g/mol. The molecule has 0 saturated heterocycles. The van der Waals surface area contributed by atoms with Gasteiger partial charge in [0, 0.05) is 22.4 Å². The Hall–Kier alpha value is -3.51. The van der Waals surface area contributed by atoms with Gasteiger partial charge in [-0.1, -0.05) is 47.6 Å². The van der Waals surface area contributed by atoms with Crippen LogP contribution < -0.4 is 10.1 Å². The molecule has 4 aromatic rings. The summed E-state index contributed by atoms with van der Waals surface area (Å²) in [7, 11) is 0. The number of nitrogens with one attached hydrogen (secondary N) is 1. The van der Waals surface area contributed by atoms with Crippen molar-refractivity contribution in [1.82, 2.24) is 5.16 Å². The number of aromatic nitrogens is 1. The first-order valence-corrected chi connectivity index (χ1v) is 10.9. The van der Waals surface area contributed by atoms with Crippen LogP contribution in [0.3, 0.4) is 0 Å². The number of thioether (sulfide) groups is 1. The molecular formula is C25H22N2O3S. The van der Waals surface area contributed by atoms with E-state index in [1.54, 1.807) is 11.8 Å². The highest BCUT2D eigenvalue weighted by molar-refractivity contribution is 7.98. The Balaban J connectivity index is 1.36. The minimum absolute atomic E-state index is 0.155. The highest BCUT2D eigenvalue weighted by atomic mass is 32.2. The van der Waals surface area contributed by atoms with Crippen molar-refractivity contribution >= 4 is 23.4 Å². The van der Waals surface area contributed by atoms with Crippen molar-refractivity contribution < 1.29 is 14.1 Å². The molecule has 0 saturated carbocycles. The Morgan fingerprint density at radius 2 is 1.74 bits per heavy atom. The van der Waals surface area contributed by atoms with Crippen molar-refractivity contribution in [3.8, 4) is 5.75 Å². The highest BCUT2D eigenvalue weighted by Crippen LogP contribution is 2.27. The normalized spacial score (nSPS) is 10.6. The number of anilines is 1. The molecule has 31 heavy (non-hydrogen) atoms. The second-order valence-corrected chi connectivity index (χ2v) is 7.98. The van der Waals surface area contributed by atoms with Crippen LogP contribution in [0, 0.1) is 6.92 Å². The van der Waals surface area contributed by atoms with Gasteiger partial charge in [-0.3, -0.25) is 4.79 Å². The second kappa shape index (κ2) is 10.00. The third-order valence-corrected chi connectivity index (χ3v) is 5.65. The van der Waals surface area contributed by atoms with Crippen LogP contribution in [0.4, 0.5) is 5.69 Å². The fraction of sp³-hybridized carbons (Fsp3) is 0.120. The zero-order valence-electron chi connectivity index (χ0n) is 17.1. The maximum absolute atomic E-state index is 12.9. The molecule has 1 N–H and O–H groups in total. The van der Waals surface area contributed by atoms with E-state index < -0.39 is 0 Å². The summed E-state index contributed by atoms with van der Waals surface area (Å²) in [5.41, 5.74) is 3.29. The van der Waals surface area contributed by atoms with E-state index >= 15 is 0 Å². The predicted molar refractivity (Wildman–Crippen MR) is 122 cm³/mol. The fourth-order valence-electron chi connectivity index (χ4n) is 2.99. The topological polar surface area (TPSA) is 64.4 Å². The predicted octanol–water partition coefficient (Wildman–Crippen LogP) is 6.11. The third-order valence-electron chi connectivity index (χ3n) is 4.54. The van der Waals surface area contributed by atoms with Crippen LogP contribution in [-0.4, -0.2) is 11.1 Å². The van der Waals surface area contributed by atoms with Gasteiger partial charge in [0.25, 0.3) is 5.91 Å². The molecule has 0 radical (unpaired) electrons. The average Bonchev–Trinajstić information content (AvgIpc) is 3.23. The lowest BCUT2D eigenvalue weighted by Gasteiger charge is -2.11. The largest absolute Gasteiger partial charge is 0.489 e. The van der Waals surface area contributed by atoms with Gasteiger partial charge in [0.05, 0.1) is 11.3 Å². The number of benzene rings is 3. The van der Waals surface area contributed by atoms with Crippen LogP contribution in [0.2, 0.25) is 0 Å². The van der Waals surface area contributed by atoms with E-state index in [0.717, 1.165) is 27.7 Å². The number of rotatable bonds is 8. The van der Waals surface area contributed by atoms with E-state index in [9.17, 15) is 4.79 Å². The molecule has 0 aliphatic heterocycles. The molecule has 5 nitrogen and oxygen atoms in total. The van der Waals surface area contributed by atoms with E-state index in [1.807, 2.05) is 91.9 Å². The fourth-order valence-corrected chi connectivity index (χ4v) is 3.92. The van der Waals surface area contributed by atoms with Gasteiger partial charge in [0.2, 0.25) is 0 Å². The first kappa shape index (κ1) is 20.8. The molecule has 3 aromatic carbocycles. The van der Waals surface area contributed by atoms with E-state index in [1.165, 1.54) is 0 Å². The highest BCUT2D eigenvalue weighted by Gasteiger charge is 2.13. The average molecular weight is 431 g/mol. The molecule has 0 unspecified atom stereocenters. The summed E-state index contributed by atoms with van der Waals surface area (Å²) in [5, 5.41) is 6.97. The summed E-state index contributed by atoms with van der Waals surface area (Å²) in [6.07, 6.45) is 0. The molecule has 1 amide bonds. The van der Waals surface area contributed by atoms with Crippen LogP contribution in [0.25, 0.3) is 0 Å². The number of carbonyl (C=O) groups excluding carboxylic acids is 1. The van der Waals surface area contributed by atoms with E-state index in [0.29, 0.717) is 23.6 Å². The third kappa shape index (κ3) is 5.77. The Morgan fingerprint density at radius 3 is 2.48 bits per heavy atom. The van der Waals surface area contributed by atoms with Gasteiger partial charge in [-0.05, 0) is 48.9 Å². The van der Waals surface area contributed by atoms with Gasteiger partial charge in [-0.25, -0.2) is 0 Å². The van der Waals surface area contributed by atoms with Crippen LogP contribution in [-0.2, 0) is 12.4 Å². The summed E-state index contributed by atoms with van der Waals surface area (Å²) in [6, 6.07) is 26.8. The number of ether oxygens (including phenoxy) is 1. The SMILES string of the molecule is Cc1cc(CSc2ccccc2C(=O)Nc2ccc(OCc3ccccc3)cc2)no1. The molecule has 156 valence electrons. The maximum Gasteiger partial charge on any atom is 0.256 e. The number of hydrogen-bond donors (Lipinski definition) is 1. The minimum Gasteiger partial charge on any atom is -0.489 e. The second-order valence-electron chi connectivity index (χ2n) is 6.97. The first-order valence-electron chi connectivity index (χ1n) is 9.89. The van der Waals surface area contributed by atoms with Gasteiger partial charge in [-0.15, -0.1) is 11.8 Å². The molecule has 0 spiro atoms. The Morgan fingerprint density at radius 1 is 1.00 bits per heavy atom. The van der Waals surface area contributed by atoms with E-state index in [-0.39, 0.29) is 5.91 Å². The van der Waals surface area contributed by atoms with Gasteiger partial charge in [0.1, 0.15) is 18.1 Å². The van der Waals surface area contributed by atoms with Gasteiger partial charge >= 0.3 is 0 Å². The van der Waals surface area contributed by atoms with Crippen LogP contribution in [0.5, 0.6) is 5.75 Å². The maximum atomic E-state index is 12.9. The Kier molecular flexibility index (Phi) is 6.69. The lowest BCUT2D eigenvalue weighted by Crippen LogP contribution is -2.13. The van der Waals surface area contributed by atoms with Gasteiger partial charge in [0.15, 0.2) is 0 Å². The summed E-state index contributed by atoms with van der Waals surface area (Å²) < 4.78 is 10.9. The number of aryl methyl sites for hydroxylation is 1. The van der Waals surface area contributed by atoms with Crippen molar-refractivity contribution in [3.05, 3.63) is 108 Å². The minimum atomic E-state index is -0.155. The Labute approximate surface area is 185 Å². The lowest BCUT2D eigenvalue weighted by molar-refractivity contribution is 0.102. The molecular weight excluding hydrogens is 408 g/mol. The molecule has 0 atom stereocenters. The molecule has 1 heterocycles. The Bertz CT molecular complexity index is 1140. The van der Waals surface area contributed by atoms with Crippen molar-refractivity contribution in [2.75, 3.05) is 5.32 Å². The molecule has 6 heteroatoms. The van der Waals surface area contributed by atoms with E-state index in [2.05, 4.69) is 10.5 Å². The molecule has 1 aromatic heterocycles. The zero-order valence-corrected chi connectivity index (χ0v) is 17.9. The zero-order chi connectivity index (χ0) is 21.5. The summed E-state index contributed by atoms with van der Waals surface area (Å²) >= 11 is 1.56. The summed E-state index contributed by atoms with van der Waals surface area (Å²) in [6.45, 7) is 2.36. The van der Waals surface area contributed by atoms with Crippen LogP contribution in [0.15, 0.2) is 94.3 Å². The molecule has 0 fully saturated rings. The first-order chi connectivity index (χ1) is 15.2. The van der Waals surface area contributed by atoms with Crippen molar-refractivity contribution in [3.63, 3.8) is 0 Å². The van der Waals surface area contributed by atoms with Crippen molar-refractivity contribution in [2.45, 2.75) is 24.2 Å². The number of hydrogen-bond acceptors (Lipinski definition) is 5. The van der Waals surface area contributed by atoms with Gasteiger partial charge < -0.3 is 14.6 Å². The van der Waals surface area contributed by atoms with Crippen LogP contribution >= 0.6 is 11.8 Å².